The SMILES string of the molecule is Cc1ccc(OCCC(F)(F)F)c(CNCC(C)C)n1. The largest absolute Gasteiger partial charge is 0.491 e. The number of hydrogen-bond donors (Lipinski definition) is 1. The van der Waals surface area contributed by atoms with Crippen molar-refractivity contribution in [3.8, 4) is 5.75 Å². The van der Waals surface area contributed by atoms with Crippen LogP contribution in [-0.4, -0.2) is 24.3 Å². The summed E-state index contributed by atoms with van der Waals surface area (Å²) in [5.41, 5.74) is 1.46. The highest BCUT2D eigenvalue weighted by atomic mass is 19.4. The summed E-state index contributed by atoms with van der Waals surface area (Å²) in [6.07, 6.45) is -5.16. The van der Waals surface area contributed by atoms with Crippen LogP contribution in [-0.2, 0) is 6.54 Å². The molecule has 0 aliphatic carbocycles. The van der Waals surface area contributed by atoms with Gasteiger partial charge >= 0.3 is 6.18 Å². The van der Waals surface area contributed by atoms with Crippen molar-refractivity contribution in [3.05, 3.63) is 23.5 Å². The molecule has 0 saturated heterocycles. The van der Waals surface area contributed by atoms with Gasteiger partial charge in [-0.05, 0) is 31.5 Å². The Morgan fingerprint density at radius 2 is 2.00 bits per heavy atom. The zero-order valence-corrected chi connectivity index (χ0v) is 12.0. The van der Waals surface area contributed by atoms with E-state index < -0.39 is 12.6 Å². The number of aryl methyl sites for hydroxylation is 1. The Hall–Kier alpha value is -1.30. The number of nitrogens with zero attached hydrogens (tertiary/aromatic N) is 1. The normalized spacial score (nSPS) is 11.9. The molecule has 0 aliphatic rings. The Morgan fingerprint density at radius 1 is 1.30 bits per heavy atom. The summed E-state index contributed by atoms with van der Waals surface area (Å²) >= 11 is 0. The number of hydrogen-bond acceptors (Lipinski definition) is 3. The third-order valence-electron chi connectivity index (χ3n) is 2.56. The number of nitrogens with one attached hydrogen (secondary N) is 1. The number of ether oxygens (including phenoxy) is 1. The van der Waals surface area contributed by atoms with E-state index in [0.717, 1.165) is 12.2 Å². The maximum Gasteiger partial charge on any atom is 0.392 e. The lowest BCUT2D eigenvalue weighted by Crippen LogP contribution is -2.21. The molecule has 0 bridgehead atoms. The van der Waals surface area contributed by atoms with Gasteiger partial charge in [0, 0.05) is 12.2 Å². The van der Waals surface area contributed by atoms with Crippen molar-refractivity contribution in [2.75, 3.05) is 13.2 Å². The van der Waals surface area contributed by atoms with E-state index in [2.05, 4.69) is 24.1 Å². The molecule has 6 heteroatoms. The summed E-state index contributed by atoms with van der Waals surface area (Å²) in [4.78, 5) is 4.32. The minimum Gasteiger partial charge on any atom is -0.491 e. The van der Waals surface area contributed by atoms with Crippen LogP contribution in [0.2, 0.25) is 0 Å². The molecule has 1 heterocycles. The summed E-state index contributed by atoms with van der Waals surface area (Å²) in [5, 5.41) is 3.21. The van der Waals surface area contributed by atoms with Crippen molar-refractivity contribution < 1.29 is 17.9 Å². The zero-order valence-electron chi connectivity index (χ0n) is 12.0. The van der Waals surface area contributed by atoms with Crippen LogP contribution in [0, 0.1) is 12.8 Å². The molecular formula is C14H21F3N2O. The molecule has 0 spiro atoms. The van der Waals surface area contributed by atoms with Gasteiger partial charge in [-0.2, -0.15) is 13.2 Å². The molecule has 0 atom stereocenters. The first-order valence-corrected chi connectivity index (χ1v) is 6.64. The molecular weight excluding hydrogens is 269 g/mol. The van der Waals surface area contributed by atoms with E-state index in [4.69, 9.17) is 4.74 Å². The molecule has 0 aromatic carbocycles. The second-order valence-corrected chi connectivity index (χ2v) is 5.14. The van der Waals surface area contributed by atoms with Crippen LogP contribution < -0.4 is 10.1 Å². The van der Waals surface area contributed by atoms with Crippen LogP contribution in [0.25, 0.3) is 0 Å². The molecule has 20 heavy (non-hydrogen) atoms. The highest BCUT2D eigenvalue weighted by Crippen LogP contribution is 2.22. The van der Waals surface area contributed by atoms with Crippen molar-refractivity contribution in [3.63, 3.8) is 0 Å². The molecule has 0 radical (unpaired) electrons. The number of aromatic nitrogens is 1. The van der Waals surface area contributed by atoms with Crippen LogP contribution >= 0.6 is 0 Å². The summed E-state index contributed by atoms with van der Waals surface area (Å²) in [7, 11) is 0. The Bertz CT molecular complexity index is 419. The third kappa shape index (κ3) is 6.75. The third-order valence-corrected chi connectivity index (χ3v) is 2.56. The maximum absolute atomic E-state index is 12.1. The van der Waals surface area contributed by atoms with Crippen LogP contribution in [0.15, 0.2) is 12.1 Å². The fourth-order valence-corrected chi connectivity index (χ4v) is 1.61. The highest BCUT2D eigenvalue weighted by molar-refractivity contribution is 5.29. The summed E-state index contributed by atoms with van der Waals surface area (Å²) in [6, 6.07) is 3.40. The van der Waals surface area contributed by atoms with E-state index >= 15 is 0 Å². The van der Waals surface area contributed by atoms with Gasteiger partial charge in [0.1, 0.15) is 5.75 Å². The Balaban J connectivity index is 2.60. The molecule has 3 nitrogen and oxygen atoms in total. The van der Waals surface area contributed by atoms with E-state index in [-0.39, 0.29) is 6.61 Å². The molecule has 1 rings (SSSR count). The van der Waals surface area contributed by atoms with Crippen LogP contribution in [0.1, 0.15) is 31.7 Å². The van der Waals surface area contributed by atoms with Gasteiger partial charge in [0.25, 0.3) is 0 Å². The number of pyridine rings is 1. The maximum atomic E-state index is 12.1. The van der Waals surface area contributed by atoms with Crippen LogP contribution in [0.4, 0.5) is 13.2 Å². The number of rotatable bonds is 7. The average Bonchev–Trinajstić information content (AvgIpc) is 2.30. The van der Waals surface area contributed by atoms with Gasteiger partial charge in [0.15, 0.2) is 0 Å². The second-order valence-electron chi connectivity index (χ2n) is 5.14. The fraction of sp³-hybridized carbons (Fsp3) is 0.643. The predicted molar refractivity (Wildman–Crippen MR) is 71.7 cm³/mol. The second kappa shape index (κ2) is 7.47. The van der Waals surface area contributed by atoms with Crippen molar-refractivity contribution in [1.29, 1.82) is 0 Å². The lowest BCUT2D eigenvalue weighted by Gasteiger charge is -2.14. The van der Waals surface area contributed by atoms with Crippen molar-refractivity contribution >= 4 is 0 Å². The Labute approximate surface area is 117 Å². The number of halogens is 3. The highest BCUT2D eigenvalue weighted by Gasteiger charge is 2.27. The van der Waals surface area contributed by atoms with Gasteiger partial charge in [-0.1, -0.05) is 13.8 Å². The molecule has 0 saturated carbocycles. The van der Waals surface area contributed by atoms with E-state index in [9.17, 15) is 13.2 Å². The number of alkyl halides is 3. The quantitative estimate of drug-likeness (QED) is 0.835. The smallest absolute Gasteiger partial charge is 0.392 e. The lowest BCUT2D eigenvalue weighted by atomic mass is 10.2. The fourth-order valence-electron chi connectivity index (χ4n) is 1.61. The lowest BCUT2D eigenvalue weighted by molar-refractivity contribution is -0.139. The van der Waals surface area contributed by atoms with Crippen molar-refractivity contribution in [2.45, 2.75) is 39.9 Å². The standard InChI is InChI=1S/C14H21F3N2O/c1-10(2)8-18-9-12-13(5-4-11(3)19-12)20-7-6-14(15,16)17/h4-5,10,18H,6-9H2,1-3H3. The molecule has 0 aliphatic heterocycles. The average molecular weight is 290 g/mol. The van der Waals surface area contributed by atoms with E-state index in [1.165, 1.54) is 0 Å². The first kappa shape index (κ1) is 16.8. The Morgan fingerprint density at radius 3 is 2.60 bits per heavy atom. The molecule has 0 amide bonds. The van der Waals surface area contributed by atoms with Gasteiger partial charge in [-0.3, -0.25) is 4.98 Å². The zero-order chi connectivity index (χ0) is 15.2. The van der Waals surface area contributed by atoms with Crippen LogP contribution in [0.5, 0.6) is 5.75 Å². The van der Waals surface area contributed by atoms with E-state index in [1.807, 2.05) is 6.92 Å². The van der Waals surface area contributed by atoms with Gasteiger partial charge in [0.2, 0.25) is 0 Å². The molecule has 0 fully saturated rings. The molecule has 1 aromatic heterocycles. The Kier molecular flexibility index (Phi) is 6.26. The summed E-state index contributed by atoms with van der Waals surface area (Å²) in [6.45, 7) is 6.92. The minimum absolute atomic E-state index is 0.384. The monoisotopic (exact) mass is 290 g/mol. The predicted octanol–water partition coefficient (Wildman–Crippen LogP) is 3.47. The van der Waals surface area contributed by atoms with Crippen molar-refractivity contribution in [1.82, 2.24) is 10.3 Å². The first-order chi connectivity index (χ1) is 9.28. The van der Waals surface area contributed by atoms with E-state index in [1.54, 1.807) is 12.1 Å². The summed E-state index contributed by atoms with van der Waals surface area (Å²) in [5.74, 6) is 0.908. The molecule has 1 N–H and O–H groups in total. The first-order valence-electron chi connectivity index (χ1n) is 6.64. The van der Waals surface area contributed by atoms with E-state index in [0.29, 0.717) is 23.9 Å². The van der Waals surface area contributed by atoms with Gasteiger partial charge in [0.05, 0.1) is 18.7 Å². The molecule has 0 unspecified atom stereocenters. The van der Waals surface area contributed by atoms with Gasteiger partial charge in [-0.25, -0.2) is 0 Å². The van der Waals surface area contributed by atoms with Crippen LogP contribution in [0.3, 0.4) is 0 Å². The topological polar surface area (TPSA) is 34.1 Å². The van der Waals surface area contributed by atoms with Crippen molar-refractivity contribution in [2.24, 2.45) is 5.92 Å². The molecule has 114 valence electrons. The minimum atomic E-state index is -4.20. The summed E-state index contributed by atoms with van der Waals surface area (Å²) < 4.78 is 41.5. The van der Waals surface area contributed by atoms with Gasteiger partial charge in [-0.15, -0.1) is 0 Å². The molecule has 1 aromatic rings. The van der Waals surface area contributed by atoms with Gasteiger partial charge < -0.3 is 10.1 Å².